The summed E-state index contributed by atoms with van der Waals surface area (Å²) in [6.07, 6.45) is 23.4. The van der Waals surface area contributed by atoms with Crippen LogP contribution in [0.3, 0.4) is 0 Å². The number of pyridine rings is 3. The molecular weight excluding hydrogens is 1460 g/mol. The van der Waals surface area contributed by atoms with Gasteiger partial charge in [0, 0.05) is 97.2 Å². The Balaban J connectivity index is 0.000000474. The lowest BCUT2D eigenvalue weighted by Crippen LogP contribution is -2.20. The summed E-state index contributed by atoms with van der Waals surface area (Å²) in [5.41, 5.74) is 20.1. The van der Waals surface area contributed by atoms with Gasteiger partial charge >= 0.3 is 29.8 Å². The number of benzene rings is 3. The number of rotatable bonds is 17. The number of esters is 2. The number of nitrogens with zero attached hydrogens (tertiary/aromatic N) is 8. The highest BCUT2D eigenvalue weighted by atomic mass is 32.2. The molecule has 0 aliphatic rings. The van der Waals surface area contributed by atoms with Crippen LogP contribution in [-0.4, -0.2) is 140 Å². The van der Waals surface area contributed by atoms with Crippen molar-refractivity contribution in [3.05, 3.63) is 183 Å². The molecule has 0 aliphatic heterocycles. The fourth-order valence-electron chi connectivity index (χ4n) is 10.2. The zero-order chi connectivity index (χ0) is 81.6. The fraction of sp³-hybridized carbons (Fsp3) is 0.241. The summed E-state index contributed by atoms with van der Waals surface area (Å²) in [5.74, 6) is 32.5. The summed E-state index contributed by atoms with van der Waals surface area (Å²) in [6, 6.07) is 28.8. The first kappa shape index (κ1) is 92.3. The molecule has 0 amide bonds. The van der Waals surface area contributed by atoms with Crippen LogP contribution in [0.4, 0.5) is 0 Å². The smallest absolute Gasteiger partial charge is 0.416 e. The minimum atomic E-state index is -3.30. The zero-order valence-corrected chi connectivity index (χ0v) is 64.2. The molecule has 9 rings (SSSR count). The van der Waals surface area contributed by atoms with Gasteiger partial charge in [-0.2, -0.15) is 14.4 Å². The van der Waals surface area contributed by atoms with E-state index in [1.807, 2.05) is 74.1 Å². The molecule has 6 heterocycles. The summed E-state index contributed by atoms with van der Waals surface area (Å²) < 4.78 is 90.5. The normalized spacial score (nSPS) is 9.91. The van der Waals surface area contributed by atoms with Gasteiger partial charge in [-0.15, -0.1) is 19.3 Å². The molecule has 24 nitrogen and oxygen atoms in total. The van der Waals surface area contributed by atoms with Crippen LogP contribution in [0.25, 0.3) is 38.6 Å². The second-order valence-electron chi connectivity index (χ2n) is 22.7. The van der Waals surface area contributed by atoms with E-state index >= 15 is 0 Å². The first-order valence-corrected chi connectivity index (χ1v) is 37.4. The number of carbonyl (C=O) groups excluding carboxylic acids is 5. The molecule has 0 bridgehead atoms. The lowest BCUT2D eigenvalue weighted by Gasteiger charge is -2.15. The molecule has 1 N–H and O–H groups in total. The highest BCUT2D eigenvalue weighted by Gasteiger charge is 2.30. The molecule has 0 fully saturated rings. The van der Waals surface area contributed by atoms with Crippen LogP contribution in [0.5, 0.6) is 0 Å². The van der Waals surface area contributed by atoms with E-state index in [1.165, 1.54) is 39.9 Å². The highest BCUT2D eigenvalue weighted by molar-refractivity contribution is 7.91. The van der Waals surface area contributed by atoms with Crippen LogP contribution >= 0.6 is 0 Å². The average Bonchev–Trinajstić information content (AvgIpc) is 1.61. The van der Waals surface area contributed by atoms with E-state index in [4.69, 9.17) is 43.9 Å². The standard InChI is InChI=1S/C22H24N2O6S.C19H20N2O4S.C17H18N2O2S.C10H2.C9H4.C4H6N2O2.CO2.CH4/c1-14-10-17(31(4,27)28)8-7-16(14)11-24-15(2)20(18-6-5-9-23-21(18)24)19(12-30-13-25)22(26)29-3;1-12-9-15(26(3,24)25)7-6-14(12)11-21-13(2)17(10-18(22)23)16-5-4-8-20-19(16)21;1-12-9-16(22(3,20)21)7-6-15(12)11-19-13(2)10-14-5-4-8-18-17(14)19;1-3-5-7-9-10-8-6-4-2;1-3-5-7-9-8-6-4-2;1-3(6-5)4(7)8-2;2-1-3;/h5-10,13,19H,11-12H2,1-4H3;4-9H,10-11H2,1-3H3,(H,22,23);4-10H,11H2,1-3H3;1-2H;1H,2H3;1-2H3;;1H4. The van der Waals surface area contributed by atoms with Gasteiger partial charge in [-0.05, 0) is 255 Å². The highest BCUT2D eigenvalue weighted by Crippen LogP contribution is 2.34. The monoisotopic (exact) mass is 1540 g/mol. The van der Waals surface area contributed by atoms with Crippen LogP contribution in [0.1, 0.15) is 88.8 Å². The van der Waals surface area contributed by atoms with Crippen LogP contribution in [0, 0.1) is 150 Å². The third-order valence-corrected chi connectivity index (χ3v) is 18.8. The maximum Gasteiger partial charge on any atom is 0.416 e. The summed E-state index contributed by atoms with van der Waals surface area (Å²) in [5, 5.41) is 11.9. The van der Waals surface area contributed by atoms with Gasteiger partial charge in [0.25, 0.3) is 6.47 Å². The topological polar surface area (TPSA) is 343 Å². The largest absolute Gasteiger partial charge is 0.481 e. The molecule has 0 saturated heterocycles. The summed E-state index contributed by atoms with van der Waals surface area (Å²) in [6.45, 7) is 16.3. The van der Waals surface area contributed by atoms with E-state index in [-0.39, 0.29) is 42.1 Å². The summed E-state index contributed by atoms with van der Waals surface area (Å²) in [7, 11) is -7.21. The number of terminal acetylenes is 3. The first-order valence-electron chi connectivity index (χ1n) is 31.8. The van der Waals surface area contributed by atoms with Gasteiger partial charge in [0.05, 0.1) is 35.3 Å². The van der Waals surface area contributed by atoms with E-state index in [0.29, 0.717) is 42.2 Å². The van der Waals surface area contributed by atoms with Crippen molar-refractivity contribution in [1.29, 1.82) is 0 Å². The van der Waals surface area contributed by atoms with Gasteiger partial charge in [0.2, 0.25) is 0 Å². The van der Waals surface area contributed by atoms with Crippen molar-refractivity contribution < 1.29 is 78.1 Å². The number of hydrogen-bond acceptors (Lipinski definition) is 18. The molecule has 1 atom stereocenters. The number of ether oxygens (including phenoxy) is 3. The van der Waals surface area contributed by atoms with E-state index < -0.39 is 53.3 Å². The molecule has 0 aliphatic carbocycles. The number of aryl methyl sites for hydroxylation is 4. The van der Waals surface area contributed by atoms with Crippen molar-refractivity contribution in [1.82, 2.24) is 28.7 Å². The van der Waals surface area contributed by atoms with Crippen LogP contribution in [0.15, 0.2) is 130 Å². The van der Waals surface area contributed by atoms with Crippen LogP contribution in [-0.2, 0) is 98.5 Å². The van der Waals surface area contributed by atoms with Crippen LogP contribution < -0.4 is 0 Å². The fourth-order valence-corrected chi connectivity index (χ4v) is 12.3. The number of carboxylic acids is 1. The Labute approximate surface area is 641 Å². The van der Waals surface area contributed by atoms with Crippen molar-refractivity contribution in [2.24, 2.45) is 0 Å². The molecule has 0 radical (unpaired) electrons. The van der Waals surface area contributed by atoms with Crippen molar-refractivity contribution in [3.63, 3.8) is 0 Å². The molecule has 0 saturated carbocycles. The number of methoxy groups -OCH3 is 2. The van der Waals surface area contributed by atoms with Crippen molar-refractivity contribution >= 4 is 98.9 Å². The van der Waals surface area contributed by atoms with Gasteiger partial charge in [0.15, 0.2) is 29.5 Å². The van der Waals surface area contributed by atoms with Gasteiger partial charge < -0.3 is 38.5 Å². The average molecular weight is 1540 g/mol. The molecule has 0 spiro atoms. The third kappa shape index (κ3) is 28.0. The second-order valence-corrected chi connectivity index (χ2v) is 28.8. The number of aromatic nitrogens is 6. The molecule has 1 unspecified atom stereocenters. The number of carboxylic acid groups (broad SMARTS) is 1. The van der Waals surface area contributed by atoms with Gasteiger partial charge in [-0.1, -0.05) is 31.5 Å². The molecule has 3 aromatic carbocycles. The van der Waals surface area contributed by atoms with Crippen molar-refractivity contribution in [2.75, 3.05) is 39.6 Å². The van der Waals surface area contributed by atoms with Gasteiger partial charge in [-0.25, -0.2) is 45.0 Å². The van der Waals surface area contributed by atoms with E-state index in [0.717, 1.165) is 83.5 Å². The number of fused-ring (bicyclic) bond motifs is 3. The maximum atomic E-state index is 12.5. The zero-order valence-electron chi connectivity index (χ0n) is 61.8. The predicted octanol–water partition coefficient (Wildman–Crippen LogP) is 9.19. The number of sulfone groups is 3. The Bertz CT molecular complexity index is 5880. The number of aliphatic carboxylic acids is 1. The Kier molecular flexibility index (Phi) is 38.3. The lowest BCUT2D eigenvalue weighted by atomic mass is 9.97. The minimum Gasteiger partial charge on any atom is -0.481 e. The second kappa shape index (κ2) is 45.6. The number of carbonyl (C=O) groups is 4. The molecular formula is C83H78N8O16S3. The Morgan fingerprint density at radius 2 is 0.964 bits per heavy atom. The van der Waals surface area contributed by atoms with Crippen molar-refractivity contribution in [2.45, 2.75) is 109 Å². The van der Waals surface area contributed by atoms with E-state index in [1.54, 1.807) is 86.2 Å². The molecule has 564 valence electrons. The van der Waals surface area contributed by atoms with E-state index in [2.05, 4.69) is 131 Å². The molecule has 9 aromatic rings. The summed E-state index contributed by atoms with van der Waals surface area (Å²) >= 11 is 0. The Morgan fingerprint density at radius 3 is 1.34 bits per heavy atom. The minimum absolute atomic E-state index is 0. The lowest BCUT2D eigenvalue weighted by molar-refractivity contribution is -0.191. The Morgan fingerprint density at radius 1 is 0.573 bits per heavy atom. The van der Waals surface area contributed by atoms with E-state index in [9.17, 15) is 49.5 Å². The SMILES string of the molecule is C.C#CC#CC#CC#CC.C#CC#CC#CC#CC#C.COC(=O)C(C)=[N+]=[N-].COC(=O)C(COC=O)c1c(C)n(Cc2ccc(S(C)(=O)=O)cc2C)c2ncccc12.Cc1cc(S(C)(=O)=O)ccc1Cn1c(C)c(CC(=O)O)c2cccnc21.Cc1cc(S(C)(=O)=O)ccc1Cn1c(C)cc2cccnc21.O=C=O. The summed E-state index contributed by atoms with van der Waals surface area (Å²) in [4.78, 5) is 77.8. The maximum absolute atomic E-state index is 12.5. The van der Waals surface area contributed by atoms with Crippen molar-refractivity contribution in [3.8, 4) is 108 Å². The molecule has 6 aromatic heterocycles. The first-order chi connectivity index (χ1) is 51.7. The van der Waals surface area contributed by atoms with Gasteiger partial charge in [-0.3, -0.25) is 14.4 Å². The van der Waals surface area contributed by atoms with Crippen LogP contribution in [0.2, 0.25) is 0 Å². The Hall–Kier alpha value is -13.7. The number of hydrogen-bond donors (Lipinski definition) is 1. The molecule has 27 heteroatoms. The molecule has 110 heavy (non-hydrogen) atoms. The van der Waals surface area contributed by atoms with Gasteiger partial charge in [0.1, 0.15) is 29.5 Å². The third-order valence-electron chi connectivity index (χ3n) is 15.4. The quantitative estimate of drug-likeness (QED) is 0.0169. The predicted molar refractivity (Wildman–Crippen MR) is 419 cm³/mol.